The van der Waals surface area contributed by atoms with Gasteiger partial charge in [-0.05, 0) is 29.3 Å². The van der Waals surface area contributed by atoms with Crippen molar-refractivity contribution in [1.82, 2.24) is 14.9 Å². The zero-order valence-electron chi connectivity index (χ0n) is 19.7. The number of nitrogens with zero attached hydrogens (tertiary/aromatic N) is 3. The van der Waals surface area contributed by atoms with E-state index in [0.717, 1.165) is 5.56 Å². The van der Waals surface area contributed by atoms with Crippen molar-refractivity contribution in [3.8, 4) is 5.75 Å². The molecule has 0 saturated carbocycles. The monoisotopic (exact) mass is 492 g/mol. The van der Waals surface area contributed by atoms with E-state index in [1.807, 2.05) is 6.07 Å². The summed E-state index contributed by atoms with van der Waals surface area (Å²) in [6.45, 7) is 3.46. The van der Waals surface area contributed by atoms with E-state index in [0.29, 0.717) is 45.5 Å². The molecule has 8 nitrogen and oxygen atoms in total. The van der Waals surface area contributed by atoms with Crippen LogP contribution in [-0.4, -0.2) is 53.7 Å². The molecular formula is C26H25ClN4O4. The zero-order chi connectivity index (χ0) is 25.5. The van der Waals surface area contributed by atoms with Gasteiger partial charge in [-0.25, -0.2) is 9.97 Å². The van der Waals surface area contributed by atoms with Gasteiger partial charge in [-0.3, -0.25) is 14.4 Å². The molecule has 1 N–H and O–H groups in total. The quantitative estimate of drug-likeness (QED) is 0.277. The van der Waals surface area contributed by atoms with Crippen molar-refractivity contribution < 1.29 is 19.1 Å². The number of benzene rings is 2. The highest BCUT2D eigenvalue weighted by molar-refractivity contribution is 6.43. The Hall–Kier alpha value is -4.04. The molecule has 0 aliphatic rings. The Morgan fingerprint density at radius 2 is 1.89 bits per heavy atom. The van der Waals surface area contributed by atoms with Crippen molar-refractivity contribution in [2.75, 3.05) is 26.5 Å². The van der Waals surface area contributed by atoms with Crippen molar-refractivity contribution >= 4 is 34.9 Å². The fourth-order valence-corrected chi connectivity index (χ4v) is 3.53. The van der Waals surface area contributed by atoms with Crippen molar-refractivity contribution in [3.05, 3.63) is 94.5 Å². The number of carbonyl (C=O) groups is 3. The number of aromatic nitrogens is 2. The number of anilines is 1. The molecule has 0 saturated heterocycles. The van der Waals surface area contributed by atoms with Crippen LogP contribution < -0.4 is 10.1 Å². The molecule has 3 rings (SSSR count). The highest BCUT2D eigenvalue weighted by atomic mass is 35.5. The molecule has 9 heteroatoms. The zero-order valence-corrected chi connectivity index (χ0v) is 20.4. The van der Waals surface area contributed by atoms with E-state index in [1.54, 1.807) is 36.4 Å². The minimum atomic E-state index is -0.606. The third-order valence-electron chi connectivity index (χ3n) is 5.16. The molecule has 0 radical (unpaired) electrons. The van der Waals surface area contributed by atoms with Gasteiger partial charge in [0, 0.05) is 38.7 Å². The Kier molecular flexibility index (Phi) is 8.33. The number of methoxy groups -OCH3 is 1. The minimum Gasteiger partial charge on any atom is -0.495 e. The number of hydrogen-bond donors (Lipinski definition) is 1. The van der Waals surface area contributed by atoms with Crippen LogP contribution in [0.5, 0.6) is 5.75 Å². The van der Waals surface area contributed by atoms with Gasteiger partial charge in [0.2, 0.25) is 5.91 Å². The number of hydrogen-bond acceptors (Lipinski definition) is 6. The Morgan fingerprint density at radius 1 is 1.14 bits per heavy atom. The maximum Gasteiger partial charge on any atom is 0.294 e. The van der Waals surface area contributed by atoms with Crippen LogP contribution in [0.15, 0.2) is 61.3 Å². The summed E-state index contributed by atoms with van der Waals surface area (Å²) in [6.07, 6.45) is 3.30. The molecule has 180 valence electrons. The van der Waals surface area contributed by atoms with E-state index in [1.165, 1.54) is 38.4 Å². The number of ether oxygens (including phenoxy) is 1. The van der Waals surface area contributed by atoms with E-state index < -0.39 is 11.7 Å². The highest BCUT2D eigenvalue weighted by Gasteiger charge is 2.21. The molecule has 1 aromatic heterocycles. The fourth-order valence-electron chi connectivity index (χ4n) is 3.38. The van der Waals surface area contributed by atoms with E-state index in [-0.39, 0.29) is 12.3 Å². The lowest BCUT2D eigenvalue weighted by atomic mass is 9.99. The number of amides is 2. The second kappa shape index (κ2) is 11.4. The summed E-state index contributed by atoms with van der Waals surface area (Å²) in [4.78, 5) is 46.8. The van der Waals surface area contributed by atoms with Crippen LogP contribution in [-0.2, 0) is 22.4 Å². The SMILES string of the molecule is C=CC(=O)Nc1cc(Cc2ncc(Cl)c(Cc3ccccc3C(=O)C(=O)N(C)C)n2)ccc1OC. The lowest BCUT2D eigenvalue weighted by Crippen LogP contribution is -2.30. The lowest BCUT2D eigenvalue weighted by Gasteiger charge is -2.13. The Morgan fingerprint density at radius 3 is 2.57 bits per heavy atom. The van der Waals surface area contributed by atoms with Gasteiger partial charge < -0.3 is 15.0 Å². The van der Waals surface area contributed by atoms with Gasteiger partial charge in [0.15, 0.2) is 0 Å². The molecule has 0 bridgehead atoms. The number of Topliss-reactive ketones (excluding diaryl/α,β-unsaturated/α-hetero) is 1. The number of nitrogens with one attached hydrogen (secondary N) is 1. The Bertz CT molecular complexity index is 1290. The lowest BCUT2D eigenvalue weighted by molar-refractivity contribution is -0.124. The van der Waals surface area contributed by atoms with Gasteiger partial charge in [-0.1, -0.05) is 48.5 Å². The van der Waals surface area contributed by atoms with Crippen molar-refractivity contribution in [1.29, 1.82) is 0 Å². The number of ketones is 1. The summed E-state index contributed by atoms with van der Waals surface area (Å²) >= 11 is 6.37. The van der Waals surface area contributed by atoms with Crippen LogP contribution >= 0.6 is 11.6 Å². The summed E-state index contributed by atoms with van der Waals surface area (Å²) in [7, 11) is 4.58. The standard InChI is InChI=1S/C26H25ClN4O4/c1-5-24(32)30-21-12-16(10-11-22(21)35-4)13-23-28-15-19(27)20(29-23)14-17-8-6-7-9-18(17)25(33)26(34)31(2)3/h5-12,15H,1,13-14H2,2-4H3,(H,30,32). The summed E-state index contributed by atoms with van der Waals surface area (Å²) in [5.41, 5.74) is 2.81. The second-order valence-corrected chi connectivity index (χ2v) is 8.26. The maximum absolute atomic E-state index is 12.7. The fraction of sp³-hybridized carbons (Fsp3) is 0.192. The van der Waals surface area contributed by atoms with Crippen LogP contribution in [0.3, 0.4) is 0 Å². The normalized spacial score (nSPS) is 10.4. The Balaban J connectivity index is 1.88. The van der Waals surface area contributed by atoms with Gasteiger partial charge in [-0.2, -0.15) is 0 Å². The molecule has 0 fully saturated rings. The van der Waals surface area contributed by atoms with Crippen LogP contribution in [0.2, 0.25) is 5.02 Å². The van der Waals surface area contributed by atoms with Crippen LogP contribution in [0.25, 0.3) is 0 Å². The number of carbonyl (C=O) groups excluding carboxylic acids is 3. The summed E-state index contributed by atoms with van der Waals surface area (Å²) < 4.78 is 5.31. The molecule has 0 unspecified atom stereocenters. The van der Waals surface area contributed by atoms with E-state index >= 15 is 0 Å². The molecule has 2 aromatic carbocycles. The van der Waals surface area contributed by atoms with E-state index in [9.17, 15) is 14.4 Å². The van der Waals surface area contributed by atoms with Gasteiger partial charge in [0.1, 0.15) is 11.6 Å². The first-order chi connectivity index (χ1) is 16.7. The summed E-state index contributed by atoms with van der Waals surface area (Å²) in [5, 5.41) is 3.07. The average molecular weight is 493 g/mol. The smallest absolute Gasteiger partial charge is 0.294 e. The van der Waals surface area contributed by atoms with Crippen molar-refractivity contribution in [2.45, 2.75) is 12.8 Å². The molecule has 0 aliphatic heterocycles. The van der Waals surface area contributed by atoms with Gasteiger partial charge in [0.25, 0.3) is 11.7 Å². The van der Waals surface area contributed by atoms with Crippen molar-refractivity contribution in [3.63, 3.8) is 0 Å². The molecular weight excluding hydrogens is 468 g/mol. The van der Waals surface area contributed by atoms with Gasteiger partial charge >= 0.3 is 0 Å². The first-order valence-electron chi connectivity index (χ1n) is 10.7. The number of halogens is 1. The third-order valence-corrected chi connectivity index (χ3v) is 5.47. The first kappa shape index (κ1) is 25.6. The third kappa shape index (κ3) is 6.30. The molecule has 0 atom stereocenters. The Labute approximate surface area is 208 Å². The topological polar surface area (TPSA) is 101 Å². The van der Waals surface area contributed by atoms with Gasteiger partial charge in [-0.15, -0.1) is 0 Å². The molecule has 0 spiro atoms. The molecule has 35 heavy (non-hydrogen) atoms. The largest absolute Gasteiger partial charge is 0.495 e. The minimum absolute atomic E-state index is 0.250. The van der Waals surface area contributed by atoms with Gasteiger partial charge in [0.05, 0.1) is 23.5 Å². The summed E-state index contributed by atoms with van der Waals surface area (Å²) in [5.74, 6) is -0.542. The molecule has 3 aromatic rings. The van der Waals surface area contributed by atoms with Crippen LogP contribution in [0.4, 0.5) is 5.69 Å². The number of rotatable bonds is 9. The van der Waals surface area contributed by atoms with Crippen LogP contribution in [0, 0.1) is 0 Å². The first-order valence-corrected chi connectivity index (χ1v) is 11.1. The molecule has 2 amide bonds. The second-order valence-electron chi connectivity index (χ2n) is 7.85. The van der Waals surface area contributed by atoms with Crippen LogP contribution in [0.1, 0.15) is 33.0 Å². The number of likely N-dealkylation sites (N-methyl/N-ethyl adjacent to an activating group) is 1. The van der Waals surface area contributed by atoms with Crippen molar-refractivity contribution in [2.24, 2.45) is 0 Å². The van der Waals surface area contributed by atoms with E-state index in [4.69, 9.17) is 16.3 Å². The predicted octanol–water partition coefficient (Wildman–Crippen LogP) is 3.72. The average Bonchev–Trinajstić information content (AvgIpc) is 2.85. The molecule has 1 heterocycles. The highest BCUT2D eigenvalue weighted by Crippen LogP contribution is 2.27. The van der Waals surface area contributed by atoms with E-state index in [2.05, 4.69) is 21.9 Å². The predicted molar refractivity (Wildman–Crippen MR) is 134 cm³/mol. The summed E-state index contributed by atoms with van der Waals surface area (Å²) in [6, 6.07) is 12.3. The maximum atomic E-state index is 12.7. The molecule has 0 aliphatic carbocycles.